The maximum Gasteiger partial charge on any atom is 0.408 e. The lowest BCUT2D eigenvalue weighted by atomic mass is 10.0. The highest BCUT2D eigenvalue weighted by atomic mass is 16.6. The van der Waals surface area contributed by atoms with Crippen molar-refractivity contribution in [3.05, 3.63) is 71.8 Å². The zero-order valence-electron chi connectivity index (χ0n) is 23.4. The van der Waals surface area contributed by atoms with Crippen LogP contribution in [0.5, 0.6) is 0 Å². The van der Waals surface area contributed by atoms with E-state index in [1.54, 1.807) is 20.8 Å². The number of carboxylic acid groups (broad SMARTS) is 1. The quantitative estimate of drug-likeness (QED) is 0.306. The van der Waals surface area contributed by atoms with Crippen LogP contribution in [-0.2, 0) is 32.0 Å². The van der Waals surface area contributed by atoms with Gasteiger partial charge < -0.3 is 25.8 Å². The van der Waals surface area contributed by atoms with E-state index in [-0.39, 0.29) is 25.2 Å². The van der Waals surface area contributed by atoms with E-state index in [1.165, 1.54) is 0 Å². The van der Waals surface area contributed by atoms with Crippen molar-refractivity contribution in [3.8, 4) is 0 Å². The molecule has 212 valence electrons. The molecule has 0 saturated heterocycles. The molecule has 3 atom stereocenters. The Morgan fingerprint density at radius 1 is 0.769 bits per heavy atom. The fourth-order valence-corrected chi connectivity index (χ4v) is 3.97. The maximum atomic E-state index is 13.5. The van der Waals surface area contributed by atoms with Gasteiger partial charge in [-0.15, -0.1) is 0 Å². The minimum absolute atomic E-state index is 0.0389. The van der Waals surface area contributed by atoms with Crippen molar-refractivity contribution < 1.29 is 29.0 Å². The average Bonchev–Trinajstić information content (AvgIpc) is 2.85. The molecule has 0 heterocycles. The largest absolute Gasteiger partial charge is 0.480 e. The second-order valence-electron chi connectivity index (χ2n) is 11.0. The van der Waals surface area contributed by atoms with E-state index >= 15 is 0 Å². The third-order valence-electron chi connectivity index (χ3n) is 5.81. The monoisotopic (exact) mass is 539 g/mol. The first kappa shape index (κ1) is 31.3. The standard InChI is InChI=1S/C30H41N3O6/c1-20(2)18-25(28(36)37)32-26(34)23(17-16-21-12-8-6-9-13-21)31-27(35)24(19-22-14-10-7-11-15-22)33-29(38)39-30(3,4)5/h6-15,20,23-25H,16-19H2,1-5H3,(H,31,35)(H,32,34)(H,33,38)(H,36,37)/t23-,24-,25-/m1/s1. The fraction of sp³-hybridized carbons (Fsp3) is 0.467. The molecule has 2 aromatic rings. The highest BCUT2D eigenvalue weighted by Gasteiger charge is 2.31. The van der Waals surface area contributed by atoms with Gasteiger partial charge in [0.1, 0.15) is 23.7 Å². The molecule has 0 aliphatic heterocycles. The zero-order valence-corrected chi connectivity index (χ0v) is 23.4. The van der Waals surface area contributed by atoms with Gasteiger partial charge in [0.2, 0.25) is 11.8 Å². The van der Waals surface area contributed by atoms with Gasteiger partial charge in [-0.3, -0.25) is 9.59 Å². The van der Waals surface area contributed by atoms with Crippen LogP contribution in [0.4, 0.5) is 4.79 Å². The first-order valence-corrected chi connectivity index (χ1v) is 13.2. The molecular formula is C30H41N3O6. The normalized spacial score (nSPS) is 13.6. The third kappa shape index (κ3) is 12.0. The number of alkyl carbamates (subject to hydrolysis) is 1. The van der Waals surface area contributed by atoms with Gasteiger partial charge in [-0.2, -0.15) is 0 Å². The lowest BCUT2D eigenvalue weighted by molar-refractivity contribution is -0.142. The summed E-state index contributed by atoms with van der Waals surface area (Å²) in [5.74, 6) is -2.27. The minimum atomic E-state index is -1.14. The molecule has 4 N–H and O–H groups in total. The smallest absolute Gasteiger partial charge is 0.408 e. The molecule has 0 unspecified atom stereocenters. The molecule has 0 spiro atoms. The van der Waals surface area contributed by atoms with Gasteiger partial charge >= 0.3 is 12.1 Å². The van der Waals surface area contributed by atoms with Gasteiger partial charge in [0.05, 0.1) is 0 Å². The van der Waals surface area contributed by atoms with Crippen molar-refractivity contribution in [1.82, 2.24) is 16.0 Å². The number of hydrogen-bond donors (Lipinski definition) is 4. The highest BCUT2D eigenvalue weighted by molar-refractivity contribution is 5.93. The number of ether oxygens (including phenoxy) is 1. The van der Waals surface area contributed by atoms with Crippen molar-refractivity contribution >= 4 is 23.9 Å². The van der Waals surface area contributed by atoms with Crippen molar-refractivity contribution in [1.29, 1.82) is 0 Å². The van der Waals surface area contributed by atoms with Gasteiger partial charge in [0.25, 0.3) is 0 Å². The number of carboxylic acids is 1. The Balaban J connectivity index is 2.26. The lowest BCUT2D eigenvalue weighted by Crippen LogP contribution is -2.56. The summed E-state index contributed by atoms with van der Waals surface area (Å²) in [7, 11) is 0. The summed E-state index contributed by atoms with van der Waals surface area (Å²) in [6.45, 7) is 8.90. The van der Waals surface area contributed by atoms with E-state index < -0.39 is 47.6 Å². The van der Waals surface area contributed by atoms with Crippen molar-refractivity contribution in [3.63, 3.8) is 0 Å². The first-order chi connectivity index (χ1) is 18.3. The molecule has 0 radical (unpaired) electrons. The number of amides is 3. The van der Waals surface area contributed by atoms with Crippen LogP contribution in [0.3, 0.4) is 0 Å². The average molecular weight is 540 g/mol. The maximum absolute atomic E-state index is 13.5. The Labute approximate surface area is 230 Å². The lowest BCUT2D eigenvalue weighted by Gasteiger charge is -2.26. The number of carbonyl (C=O) groups is 4. The molecule has 3 amide bonds. The van der Waals surface area contributed by atoms with Crippen molar-refractivity contribution in [2.45, 2.75) is 84.0 Å². The number of aryl methyl sites for hydroxylation is 1. The Bertz CT molecular complexity index is 1080. The molecule has 9 nitrogen and oxygen atoms in total. The van der Waals surface area contributed by atoms with E-state index in [2.05, 4.69) is 16.0 Å². The topological polar surface area (TPSA) is 134 Å². The Morgan fingerprint density at radius 2 is 1.28 bits per heavy atom. The van der Waals surface area contributed by atoms with E-state index in [9.17, 15) is 24.3 Å². The molecular weight excluding hydrogens is 498 g/mol. The summed E-state index contributed by atoms with van der Waals surface area (Å²) in [6, 6.07) is 15.5. The number of nitrogens with one attached hydrogen (secondary N) is 3. The van der Waals surface area contributed by atoms with Crippen LogP contribution < -0.4 is 16.0 Å². The predicted octanol–water partition coefficient (Wildman–Crippen LogP) is 3.86. The molecule has 2 aromatic carbocycles. The molecule has 0 aliphatic rings. The number of hydrogen-bond acceptors (Lipinski definition) is 5. The highest BCUT2D eigenvalue weighted by Crippen LogP contribution is 2.11. The summed E-state index contributed by atoms with van der Waals surface area (Å²) in [5, 5.41) is 17.6. The van der Waals surface area contributed by atoms with Crippen LogP contribution in [0.25, 0.3) is 0 Å². The van der Waals surface area contributed by atoms with Crippen LogP contribution in [0.1, 0.15) is 58.6 Å². The second kappa shape index (κ2) is 14.9. The van der Waals surface area contributed by atoms with Gasteiger partial charge in [-0.25, -0.2) is 9.59 Å². The van der Waals surface area contributed by atoms with Crippen LogP contribution in [0.15, 0.2) is 60.7 Å². The first-order valence-electron chi connectivity index (χ1n) is 13.2. The fourth-order valence-electron chi connectivity index (χ4n) is 3.97. The number of rotatable bonds is 13. The Kier molecular flexibility index (Phi) is 12.0. The van der Waals surface area contributed by atoms with Crippen LogP contribution in [0.2, 0.25) is 0 Å². The molecule has 9 heteroatoms. The Hall–Kier alpha value is -3.88. The van der Waals surface area contributed by atoms with Gasteiger partial charge in [-0.05, 0) is 57.1 Å². The molecule has 0 saturated carbocycles. The summed E-state index contributed by atoms with van der Waals surface area (Å²) in [4.78, 5) is 51.1. The van der Waals surface area contributed by atoms with Gasteiger partial charge in [-0.1, -0.05) is 74.5 Å². The third-order valence-corrected chi connectivity index (χ3v) is 5.81. The summed E-state index contributed by atoms with van der Waals surface area (Å²) in [6.07, 6.45) is 0.373. The SMILES string of the molecule is CC(C)C[C@@H](NC(=O)[C@@H](CCc1ccccc1)NC(=O)[C@@H](Cc1ccccc1)NC(=O)OC(C)(C)C)C(=O)O. The van der Waals surface area contributed by atoms with Crippen molar-refractivity contribution in [2.24, 2.45) is 5.92 Å². The van der Waals surface area contributed by atoms with Crippen LogP contribution in [-0.4, -0.2) is 52.7 Å². The van der Waals surface area contributed by atoms with Crippen molar-refractivity contribution in [2.75, 3.05) is 0 Å². The van der Waals surface area contributed by atoms with E-state index in [4.69, 9.17) is 4.74 Å². The summed E-state index contributed by atoms with van der Waals surface area (Å²) >= 11 is 0. The number of benzene rings is 2. The summed E-state index contributed by atoms with van der Waals surface area (Å²) < 4.78 is 5.36. The predicted molar refractivity (Wildman–Crippen MR) is 149 cm³/mol. The number of aliphatic carboxylic acids is 1. The number of carbonyl (C=O) groups excluding carboxylic acids is 3. The van der Waals surface area contributed by atoms with E-state index in [1.807, 2.05) is 74.5 Å². The van der Waals surface area contributed by atoms with Crippen LogP contribution in [0, 0.1) is 5.92 Å². The molecule has 39 heavy (non-hydrogen) atoms. The molecule has 0 fully saturated rings. The van der Waals surface area contributed by atoms with Gasteiger partial charge in [0, 0.05) is 6.42 Å². The molecule has 0 aromatic heterocycles. The van der Waals surface area contributed by atoms with E-state index in [0.717, 1.165) is 11.1 Å². The molecule has 0 bridgehead atoms. The second-order valence-corrected chi connectivity index (χ2v) is 11.0. The van der Waals surface area contributed by atoms with Crippen LogP contribution >= 0.6 is 0 Å². The zero-order chi connectivity index (χ0) is 29.0. The van der Waals surface area contributed by atoms with Gasteiger partial charge in [0.15, 0.2) is 0 Å². The Morgan fingerprint density at radius 3 is 1.79 bits per heavy atom. The molecule has 2 rings (SSSR count). The molecule has 0 aliphatic carbocycles. The summed E-state index contributed by atoms with van der Waals surface area (Å²) in [5.41, 5.74) is 1.01. The minimum Gasteiger partial charge on any atom is -0.480 e. The van der Waals surface area contributed by atoms with E-state index in [0.29, 0.717) is 6.42 Å².